The van der Waals surface area contributed by atoms with Crippen LogP contribution in [0.3, 0.4) is 0 Å². The molecule has 2 N–H and O–H groups in total. The highest BCUT2D eigenvalue weighted by Crippen LogP contribution is 2.28. The molecule has 0 amide bonds. The van der Waals surface area contributed by atoms with Gasteiger partial charge in [0.1, 0.15) is 0 Å². The zero-order chi connectivity index (χ0) is 13.8. The van der Waals surface area contributed by atoms with E-state index in [-0.39, 0.29) is 5.56 Å². The van der Waals surface area contributed by atoms with Crippen molar-refractivity contribution >= 4 is 46.8 Å². The minimum Gasteiger partial charge on any atom is -0.478 e. The topological polar surface area (TPSA) is 49.3 Å². The molecule has 6 heteroatoms. The zero-order valence-corrected chi connectivity index (χ0v) is 11.9. The van der Waals surface area contributed by atoms with Gasteiger partial charge in [0, 0.05) is 14.9 Å². The summed E-state index contributed by atoms with van der Waals surface area (Å²) in [6.07, 6.45) is 0. The number of rotatable bonds is 4. The molecule has 0 aliphatic rings. The fourth-order valence-corrected chi connectivity index (χ4v) is 2.89. The molecule has 0 atom stereocenters. The maximum absolute atomic E-state index is 11.0. The SMILES string of the molecule is O=C(O)c1ccccc1NSc1cc(Cl)cc(Cl)c1. The minimum atomic E-state index is -0.979. The summed E-state index contributed by atoms with van der Waals surface area (Å²) in [4.78, 5) is 11.9. The van der Waals surface area contributed by atoms with E-state index in [0.29, 0.717) is 15.7 Å². The Labute approximate surface area is 124 Å². The highest BCUT2D eigenvalue weighted by molar-refractivity contribution is 8.00. The first-order chi connectivity index (χ1) is 9.06. The van der Waals surface area contributed by atoms with Gasteiger partial charge in [0.2, 0.25) is 0 Å². The lowest BCUT2D eigenvalue weighted by Gasteiger charge is -2.08. The molecule has 0 radical (unpaired) electrons. The first-order valence-electron chi connectivity index (χ1n) is 5.27. The molecule has 0 aromatic heterocycles. The molecule has 2 rings (SSSR count). The Kier molecular flexibility index (Phi) is 4.58. The van der Waals surface area contributed by atoms with Gasteiger partial charge in [-0.05, 0) is 42.3 Å². The maximum atomic E-state index is 11.0. The highest BCUT2D eigenvalue weighted by Gasteiger charge is 2.09. The molecule has 2 aromatic rings. The second-order valence-electron chi connectivity index (χ2n) is 3.66. The van der Waals surface area contributed by atoms with Gasteiger partial charge >= 0.3 is 5.97 Å². The van der Waals surface area contributed by atoms with Crippen molar-refractivity contribution in [2.75, 3.05) is 4.72 Å². The van der Waals surface area contributed by atoms with Crippen LogP contribution in [0.15, 0.2) is 47.4 Å². The number of carboxylic acids is 1. The lowest BCUT2D eigenvalue weighted by molar-refractivity contribution is 0.0698. The predicted molar refractivity (Wildman–Crippen MR) is 79.3 cm³/mol. The van der Waals surface area contributed by atoms with Gasteiger partial charge in [0.25, 0.3) is 0 Å². The monoisotopic (exact) mass is 313 g/mol. The van der Waals surface area contributed by atoms with Crippen molar-refractivity contribution in [1.82, 2.24) is 0 Å². The number of nitrogens with one attached hydrogen (secondary N) is 1. The third kappa shape index (κ3) is 3.80. The van der Waals surface area contributed by atoms with Crippen molar-refractivity contribution < 1.29 is 9.90 Å². The predicted octanol–water partition coefficient (Wildman–Crippen LogP) is 4.81. The van der Waals surface area contributed by atoms with Crippen LogP contribution in [0.1, 0.15) is 10.4 Å². The fraction of sp³-hybridized carbons (Fsp3) is 0. The second kappa shape index (κ2) is 6.19. The number of anilines is 1. The van der Waals surface area contributed by atoms with Crippen LogP contribution >= 0.6 is 35.1 Å². The van der Waals surface area contributed by atoms with E-state index in [2.05, 4.69) is 4.72 Å². The van der Waals surface area contributed by atoms with Gasteiger partial charge in [0.15, 0.2) is 0 Å². The molecular formula is C13H9Cl2NO2S. The Morgan fingerprint density at radius 1 is 1.11 bits per heavy atom. The number of hydrogen-bond donors (Lipinski definition) is 2. The number of benzene rings is 2. The van der Waals surface area contributed by atoms with Gasteiger partial charge in [-0.15, -0.1) is 0 Å². The van der Waals surface area contributed by atoms with Gasteiger partial charge in [0.05, 0.1) is 11.3 Å². The average molecular weight is 314 g/mol. The Bertz CT molecular complexity index is 599. The van der Waals surface area contributed by atoms with Gasteiger partial charge < -0.3 is 9.83 Å². The summed E-state index contributed by atoms with van der Waals surface area (Å²) >= 11 is 13.0. The number of hydrogen-bond acceptors (Lipinski definition) is 3. The lowest BCUT2D eigenvalue weighted by Crippen LogP contribution is -2.00. The van der Waals surface area contributed by atoms with Crippen molar-refractivity contribution in [1.29, 1.82) is 0 Å². The number of carbonyl (C=O) groups is 1. The fourth-order valence-electron chi connectivity index (χ4n) is 1.46. The normalized spacial score (nSPS) is 10.2. The summed E-state index contributed by atoms with van der Waals surface area (Å²) in [5.74, 6) is -0.979. The first-order valence-corrected chi connectivity index (χ1v) is 6.85. The average Bonchev–Trinajstić information content (AvgIpc) is 2.35. The van der Waals surface area contributed by atoms with Crippen molar-refractivity contribution in [3.63, 3.8) is 0 Å². The van der Waals surface area contributed by atoms with E-state index in [1.54, 1.807) is 36.4 Å². The maximum Gasteiger partial charge on any atom is 0.337 e. The van der Waals surface area contributed by atoms with E-state index in [0.717, 1.165) is 4.90 Å². The summed E-state index contributed by atoms with van der Waals surface area (Å²) in [6.45, 7) is 0. The molecule has 0 unspecified atom stereocenters. The van der Waals surface area contributed by atoms with Gasteiger partial charge in [-0.25, -0.2) is 4.79 Å². The molecule has 0 heterocycles. The van der Waals surface area contributed by atoms with Gasteiger partial charge in [-0.2, -0.15) is 0 Å². The van der Waals surface area contributed by atoms with Gasteiger partial charge in [-0.3, -0.25) is 0 Å². The van der Waals surface area contributed by atoms with E-state index in [1.165, 1.54) is 18.0 Å². The van der Waals surface area contributed by atoms with Crippen molar-refractivity contribution in [2.45, 2.75) is 4.90 Å². The van der Waals surface area contributed by atoms with Crippen LogP contribution in [0.5, 0.6) is 0 Å². The number of halogens is 2. The summed E-state index contributed by atoms with van der Waals surface area (Å²) in [7, 11) is 0. The van der Waals surface area contributed by atoms with Crippen LogP contribution in [0, 0.1) is 0 Å². The Balaban J connectivity index is 2.16. The molecule has 0 aliphatic carbocycles. The minimum absolute atomic E-state index is 0.211. The molecule has 2 aromatic carbocycles. The molecule has 19 heavy (non-hydrogen) atoms. The summed E-state index contributed by atoms with van der Waals surface area (Å²) in [6, 6.07) is 11.8. The van der Waals surface area contributed by atoms with Gasteiger partial charge in [-0.1, -0.05) is 35.3 Å². The molecule has 0 saturated carbocycles. The molecule has 3 nitrogen and oxygen atoms in total. The van der Waals surface area contributed by atoms with E-state index >= 15 is 0 Å². The number of para-hydroxylation sites is 1. The molecule has 0 aliphatic heterocycles. The molecule has 98 valence electrons. The second-order valence-corrected chi connectivity index (χ2v) is 5.41. The van der Waals surface area contributed by atoms with Crippen molar-refractivity contribution in [2.24, 2.45) is 0 Å². The molecule has 0 spiro atoms. The summed E-state index contributed by atoms with van der Waals surface area (Å²) < 4.78 is 2.98. The Morgan fingerprint density at radius 2 is 1.74 bits per heavy atom. The molecule has 0 fully saturated rings. The number of aromatic carboxylic acids is 1. The lowest BCUT2D eigenvalue weighted by atomic mass is 10.2. The standard InChI is InChI=1S/C13H9Cl2NO2S/c14-8-5-9(15)7-10(6-8)19-16-12-4-2-1-3-11(12)13(17)18/h1-7,16H,(H,17,18). The van der Waals surface area contributed by atoms with E-state index < -0.39 is 5.97 Å². The Hall–Kier alpha value is -1.36. The molecule has 0 bridgehead atoms. The van der Waals surface area contributed by atoms with Crippen molar-refractivity contribution in [3.05, 3.63) is 58.1 Å². The quantitative estimate of drug-likeness (QED) is 0.795. The molecular weight excluding hydrogens is 305 g/mol. The largest absolute Gasteiger partial charge is 0.478 e. The summed E-state index contributed by atoms with van der Waals surface area (Å²) in [5, 5.41) is 10.1. The van der Waals surface area contributed by atoms with Crippen LogP contribution in [0.2, 0.25) is 10.0 Å². The van der Waals surface area contributed by atoms with E-state index in [4.69, 9.17) is 28.3 Å². The van der Waals surface area contributed by atoms with E-state index in [1.807, 2.05) is 0 Å². The summed E-state index contributed by atoms with van der Waals surface area (Å²) in [5.41, 5.74) is 0.735. The highest BCUT2D eigenvalue weighted by atomic mass is 35.5. The number of carboxylic acid groups (broad SMARTS) is 1. The van der Waals surface area contributed by atoms with Crippen LogP contribution in [0.25, 0.3) is 0 Å². The third-order valence-electron chi connectivity index (χ3n) is 2.27. The third-order valence-corrected chi connectivity index (χ3v) is 3.50. The first kappa shape index (κ1) is 14.1. The Morgan fingerprint density at radius 3 is 2.37 bits per heavy atom. The smallest absolute Gasteiger partial charge is 0.337 e. The van der Waals surface area contributed by atoms with E-state index in [9.17, 15) is 4.79 Å². The molecule has 0 saturated heterocycles. The van der Waals surface area contributed by atoms with Crippen LogP contribution in [-0.4, -0.2) is 11.1 Å². The zero-order valence-electron chi connectivity index (χ0n) is 9.56. The van der Waals surface area contributed by atoms with Crippen molar-refractivity contribution in [3.8, 4) is 0 Å². The van der Waals surface area contributed by atoms with Crippen LogP contribution < -0.4 is 4.72 Å². The van der Waals surface area contributed by atoms with Crippen LogP contribution in [0.4, 0.5) is 5.69 Å². The van der Waals surface area contributed by atoms with Crippen LogP contribution in [-0.2, 0) is 0 Å².